The zero-order valence-electron chi connectivity index (χ0n) is 11.3. The number of nitrogens with zero attached hydrogens (tertiary/aromatic N) is 2. The Bertz CT molecular complexity index is 651. The fourth-order valence-electron chi connectivity index (χ4n) is 2.18. The van der Waals surface area contributed by atoms with Gasteiger partial charge in [-0.1, -0.05) is 0 Å². The van der Waals surface area contributed by atoms with Crippen molar-refractivity contribution in [1.82, 2.24) is 14.9 Å². The SMILES string of the molecule is CC(NC(=O)c1ccc2c(c1)OCO2)c1nccn1C. The molecular weight excluding hydrogens is 258 g/mol. The van der Waals surface area contributed by atoms with Crippen LogP contribution in [0.15, 0.2) is 30.6 Å². The van der Waals surface area contributed by atoms with Gasteiger partial charge in [0.2, 0.25) is 6.79 Å². The van der Waals surface area contributed by atoms with E-state index in [1.54, 1.807) is 24.4 Å². The molecule has 0 saturated carbocycles. The van der Waals surface area contributed by atoms with Gasteiger partial charge < -0.3 is 19.4 Å². The zero-order chi connectivity index (χ0) is 14.1. The number of ether oxygens (including phenoxy) is 2. The molecule has 20 heavy (non-hydrogen) atoms. The summed E-state index contributed by atoms with van der Waals surface area (Å²) in [5.41, 5.74) is 0.537. The number of benzene rings is 1. The van der Waals surface area contributed by atoms with Crippen molar-refractivity contribution in [2.45, 2.75) is 13.0 Å². The van der Waals surface area contributed by atoms with Gasteiger partial charge in [0.05, 0.1) is 6.04 Å². The van der Waals surface area contributed by atoms with E-state index in [9.17, 15) is 4.79 Å². The summed E-state index contributed by atoms with van der Waals surface area (Å²) in [5, 5.41) is 2.91. The number of aryl methyl sites for hydroxylation is 1. The van der Waals surface area contributed by atoms with Gasteiger partial charge in [-0.15, -0.1) is 0 Å². The van der Waals surface area contributed by atoms with Crippen molar-refractivity contribution in [3.8, 4) is 11.5 Å². The minimum atomic E-state index is -0.173. The molecule has 6 heteroatoms. The minimum Gasteiger partial charge on any atom is -0.454 e. The maximum absolute atomic E-state index is 12.2. The highest BCUT2D eigenvalue weighted by Gasteiger charge is 2.18. The average Bonchev–Trinajstić information content (AvgIpc) is 3.05. The van der Waals surface area contributed by atoms with Crippen LogP contribution in [0.4, 0.5) is 0 Å². The van der Waals surface area contributed by atoms with Gasteiger partial charge in [0.15, 0.2) is 11.5 Å². The van der Waals surface area contributed by atoms with E-state index >= 15 is 0 Å². The van der Waals surface area contributed by atoms with Crippen LogP contribution in [-0.2, 0) is 7.05 Å². The maximum atomic E-state index is 12.2. The van der Waals surface area contributed by atoms with Gasteiger partial charge in [-0.05, 0) is 25.1 Å². The molecule has 2 aromatic rings. The first-order chi connectivity index (χ1) is 9.65. The normalized spacial score (nSPS) is 14.1. The molecule has 6 nitrogen and oxygen atoms in total. The van der Waals surface area contributed by atoms with E-state index in [2.05, 4.69) is 10.3 Å². The van der Waals surface area contributed by atoms with Crippen LogP contribution >= 0.6 is 0 Å². The Morgan fingerprint density at radius 3 is 2.95 bits per heavy atom. The van der Waals surface area contributed by atoms with Gasteiger partial charge in [-0.3, -0.25) is 4.79 Å². The van der Waals surface area contributed by atoms with Gasteiger partial charge in [-0.25, -0.2) is 4.98 Å². The molecule has 3 rings (SSSR count). The molecule has 0 bridgehead atoms. The summed E-state index contributed by atoms with van der Waals surface area (Å²) < 4.78 is 12.4. The number of carbonyl (C=O) groups excluding carboxylic acids is 1. The van der Waals surface area contributed by atoms with Crippen molar-refractivity contribution >= 4 is 5.91 Å². The molecule has 104 valence electrons. The number of aromatic nitrogens is 2. The summed E-state index contributed by atoms with van der Waals surface area (Å²) in [7, 11) is 1.89. The fourth-order valence-corrected chi connectivity index (χ4v) is 2.18. The Kier molecular flexibility index (Phi) is 3.06. The second-order valence-corrected chi connectivity index (χ2v) is 4.66. The summed E-state index contributed by atoms with van der Waals surface area (Å²) in [6.07, 6.45) is 3.55. The lowest BCUT2D eigenvalue weighted by molar-refractivity contribution is 0.0937. The number of nitrogens with one attached hydrogen (secondary N) is 1. The number of carbonyl (C=O) groups is 1. The summed E-state index contributed by atoms with van der Waals surface area (Å²) in [5.74, 6) is 1.90. The third kappa shape index (κ3) is 2.20. The maximum Gasteiger partial charge on any atom is 0.251 e. The second-order valence-electron chi connectivity index (χ2n) is 4.66. The molecule has 0 aliphatic carbocycles. The molecule has 1 amide bonds. The van der Waals surface area contributed by atoms with E-state index in [1.165, 1.54) is 0 Å². The lowest BCUT2D eigenvalue weighted by Gasteiger charge is -2.14. The lowest BCUT2D eigenvalue weighted by Crippen LogP contribution is -2.28. The number of imidazole rings is 1. The van der Waals surface area contributed by atoms with Crippen molar-refractivity contribution in [1.29, 1.82) is 0 Å². The number of hydrogen-bond acceptors (Lipinski definition) is 4. The number of amides is 1. The van der Waals surface area contributed by atoms with Gasteiger partial charge in [0.1, 0.15) is 5.82 Å². The van der Waals surface area contributed by atoms with Gasteiger partial charge in [0, 0.05) is 25.0 Å². The van der Waals surface area contributed by atoms with Crippen LogP contribution in [0.25, 0.3) is 0 Å². The van der Waals surface area contributed by atoms with Gasteiger partial charge >= 0.3 is 0 Å². The minimum absolute atomic E-state index is 0.168. The Labute approximate surface area is 116 Å². The Morgan fingerprint density at radius 2 is 2.20 bits per heavy atom. The monoisotopic (exact) mass is 273 g/mol. The van der Waals surface area contributed by atoms with Crippen LogP contribution in [0.1, 0.15) is 29.1 Å². The first-order valence-corrected chi connectivity index (χ1v) is 6.33. The fraction of sp³-hybridized carbons (Fsp3) is 0.286. The smallest absolute Gasteiger partial charge is 0.251 e. The van der Waals surface area contributed by atoms with Crippen LogP contribution < -0.4 is 14.8 Å². The first-order valence-electron chi connectivity index (χ1n) is 6.33. The molecule has 1 atom stereocenters. The highest BCUT2D eigenvalue weighted by Crippen LogP contribution is 2.32. The van der Waals surface area contributed by atoms with Crippen LogP contribution in [0.3, 0.4) is 0 Å². The molecule has 1 aromatic carbocycles. The second kappa shape index (κ2) is 4.88. The quantitative estimate of drug-likeness (QED) is 0.923. The van der Waals surface area contributed by atoms with Crippen molar-refractivity contribution in [2.75, 3.05) is 6.79 Å². The highest BCUT2D eigenvalue weighted by molar-refractivity contribution is 5.95. The van der Waals surface area contributed by atoms with E-state index < -0.39 is 0 Å². The van der Waals surface area contributed by atoms with Crippen molar-refractivity contribution in [2.24, 2.45) is 7.05 Å². The third-order valence-electron chi connectivity index (χ3n) is 3.23. The number of rotatable bonds is 3. The average molecular weight is 273 g/mol. The van der Waals surface area contributed by atoms with E-state index in [4.69, 9.17) is 9.47 Å². The Morgan fingerprint density at radius 1 is 1.40 bits per heavy atom. The van der Waals surface area contributed by atoms with Crippen molar-refractivity contribution in [3.05, 3.63) is 42.0 Å². The Balaban J connectivity index is 1.75. The topological polar surface area (TPSA) is 65.4 Å². The van der Waals surface area contributed by atoms with E-state index in [0.717, 1.165) is 5.82 Å². The molecule has 1 aliphatic rings. The zero-order valence-corrected chi connectivity index (χ0v) is 11.3. The standard InChI is InChI=1S/C14H15N3O3/c1-9(13-15-5-6-17(13)2)16-14(18)10-3-4-11-12(7-10)20-8-19-11/h3-7,9H,8H2,1-2H3,(H,16,18). The molecule has 1 aliphatic heterocycles. The summed E-state index contributed by atoms with van der Waals surface area (Å²) in [6.45, 7) is 2.09. The van der Waals surface area contributed by atoms with Crippen LogP contribution in [0, 0.1) is 0 Å². The number of fused-ring (bicyclic) bond motifs is 1. The molecule has 0 spiro atoms. The predicted molar refractivity (Wildman–Crippen MR) is 71.7 cm³/mol. The van der Waals surface area contributed by atoms with Gasteiger partial charge in [0.25, 0.3) is 5.91 Å². The summed E-state index contributed by atoms with van der Waals surface area (Å²) in [6, 6.07) is 4.97. The molecule has 0 fully saturated rings. The van der Waals surface area contributed by atoms with E-state index in [1.807, 2.05) is 24.7 Å². The molecule has 1 aromatic heterocycles. The molecule has 1 N–H and O–H groups in total. The van der Waals surface area contributed by atoms with Crippen LogP contribution in [0.5, 0.6) is 11.5 Å². The highest BCUT2D eigenvalue weighted by atomic mass is 16.7. The molecule has 0 radical (unpaired) electrons. The van der Waals surface area contributed by atoms with Crippen LogP contribution in [0.2, 0.25) is 0 Å². The molecular formula is C14H15N3O3. The van der Waals surface area contributed by atoms with Crippen molar-refractivity contribution < 1.29 is 14.3 Å². The predicted octanol–water partition coefficient (Wildman–Crippen LogP) is 1.64. The molecule has 1 unspecified atom stereocenters. The van der Waals surface area contributed by atoms with Crippen LogP contribution in [-0.4, -0.2) is 22.3 Å². The lowest BCUT2D eigenvalue weighted by atomic mass is 10.1. The summed E-state index contributed by atoms with van der Waals surface area (Å²) >= 11 is 0. The molecule has 0 saturated heterocycles. The molecule has 2 heterocycles. The van der Waals surface area contributed by atoms with Crippen molar-refractivity contribution in [3.63, 3.8) is 0 Å². The number of hydrogen-bond donors (Lipinski definition) is 1. The summed E-state index contributed by atoms with van der Waals surface area (Å²) in [4.78, 5) is 16.4. The largest absolute Gasteiger partial charge is 0.454 e. The Hall–Kier alpha value is -2.50. The first kappa shape index (κ1) is 12.5. The van der Waals surface area contributed by atoms with E-state index in [-0.39, 0.29) is 18.7 Å². The third-order valence-corrected chi connectivity index (χ3v) is 3.23. The van der Waals surface area contributed by atoms with E-state index in [0.29, 0.717) is 17.1 Å². The van der Waals surface area contributed by atoms with Gasteiger partial charge in [-0.2, -0.15) is 0 Å².